The Balaban J connectivity index is -0.0000000150. The van der Waals surface area contributed by atoms with Crippen LogP contribution in [0, 0.1) is 0 Å². The van der Waals surface area contributed by atoms with Gasteiger partial charge < -0.3 is 18.8 Å². The van der Waals surface area contributed by atoms with Crippen molar-refractivity contribution in [3.63, 3.8) is 0 Å². The van der Waals surface area contributed by atoms with Crippen LogP contribution in [0.1, 0.15) is 0 Å². The van der Waals surface area contributed by atoms with Crippen molar-refractivity contribution in [3.05, 3.63) is 0 Å². The molecule has 0 aromatic heterocycles. The topological polar surface area (TPSA) is 63.2 Å². The normalized spacial score (nSPS) is 3.43. The average molecular weight is 142 g/mol. The van der Waals surface area contributed by atoms with Crippen LogP contribution < -0.4 is 43.9 Å². The van der Waals surface area contributed by atoms with Crippen LogP contribution in [-0.4, -0.2) is 32.2 Å². The first-order valence-electron chi connectivity index (χ1n) is 0.612. The minimum Gasteiger partial charge on any atom is -1.00 e. The summed E-state index contributed by atoms with van der Waals surface area (Å²) in [6, 6.07) is 0. The van der Waals surface area contributed by atoms with Crippen LogP contribution in [0.5, 0.6) is 0 Å². The van der Waals surface area contributed by atoms with Gasteiger partial charge >= 0.3 is 52.6 Å². The van der Waals surface area contributed by atoms with E-state index in [4.69, 9.17) is 14.1 Å². The molecule has 0 unspecified atom stereocenters. The summed E-state index contributed by atoms with van der Waals surface area (Å²) in [6.07, 6.45) is 0. The Morgan fingerprint density at radius 3 is 1.29 bits per heavy atom. The molecule has 0 saturated heterocycles. The summed E-state index contributed by atoms with van der Waals surface area (Å²) >= 11 is 0. The van der Waals surface area contributed by atoms with Crippen molar-refractivity contribution >= 4 is 32.2 Å². The van der Waals surface area contributed by atoms with E-state index in [2.05, 4.69) is 0 Å². The van der Waals surface area contributed by atoms with E-state index in [0.717, 1.165) is 0 Å². The molecule has 0 heterocycles. The number of hydrogen-bond acceptors (Lipinski definition) is 3. The molecule has 0 aliphatic carbocycles. The predicted molar refractivity (Wildman–Crippen MR) is 12.2 cm³/mol. The summed E-state index contributed by atoms with van der Waals surface area (Å²) in [5.41, 5.74) is 0. The third-order valence-corrected chi connectivity index (χ3v) is 0. The van der Waals surface area contributed by atoms with Gasteiger partial charge in [0.25, 0.3) is 0 Å². The van der Waals surface area contributed by atoms with Crippen LogP contribution in [0.4, 0.5) is 0 Å². The molecule has 0 bridgehead atoms. The first-order valence-corrected chi connectivity index (χ1v) is 1.84. The van der Waals surface area contributed by atoms with E-state index < -0.39 is 9.17 Å². The van der Waals surface area contributed by atoms with E-state index >= 15 is 0 Å². The molecule has 7 heteroatoms. The van der Waals surface area contributed by atoms with Gasteiger partial charge in [-0.2, -0.15) is 0 Å². The van der Waals surface area contributed by atoms with Gasteiger partial charge in [-0.05, 0) is 0 Å². The van der Waals surface area contributed by atoms with Gasteiger partial charge in [0.2, 0.25) is 0 Å². The standard InChI is InChI=1S/FH.Mg.Na.O3Si/c;;;1-4(2)3/h1H;;;/q;+2;+1;-2/p-1. The van der Waals surface area contributed by atoms with Crippen molar-refractivity contribution < 1.29 is 48.3 Å². The first kappa shape index (κ1) is 23.9. The Hall–Kier alpha value is 1.31. The summed E-state index contributed by atoms with van der Waals surface area (Å²) in [6.45, 7) is 0. The van der Waals surface area contributed by atoms with E-state index in [1.807, 2.05) is 0 Å². The van der Waals surface area contributed by atoms with Gasteiger partial charge in [-0.15, -0.1) is 0 Å². The molecule has 32 valence electrons. The zero-order valence-electron chi connectivity index (χ0n) is 3.81. The van der Waals surface area contributed by atoms with Gasteiger partial charge in [0.15, 0.2) is 0 Å². The predicted octanol–water partition coefficient (Wildman–Crippen LogP) is -9.25. The molecule has 7 heavy (non-hydrogen) atoms. The summed E-state index contributed by atoms with van der Waals surface area (Å²) < 4.78 is 8.52. The van der Waals surface area contributed by atoms with E-state index in [0.29, 0.717) is 0 Å². The molecule has 0 radical (unpaired) electrons. The molecular weight excluding hydrogens is 142 g/mol. The van der Waals surface area contributed by atoms with E-state index in [9.17, 15) is 0 Å². The maximum absolute atomic E-state index is 8.52. The van der Waals surface area contributed by atoms with E-state index in [1.165, 1.54) is 0 Å². The average Bonchev–Trinajstić information content (AvgIpc) is 0.811. The fourth-order valence-electron chi connectivity index (χ4n) is 0. The van der Waals surface area contributed by atoms with Crippen molar-refractivity contribution in [1.29, 1.82) is 0 Å². The van der Waals surface area contributed by atoms with Crippen molar-refractivity contribution in [2.24, 2.45) is 0 Å². The molecule has 0 aromatic carbocycles. The molecule has 0 amide bonds. The second-order valence-corrected chi connectivity index (χ2v) is 0.750. The summed E-state index contributed by atoms with van der Waals surface area (Å²) in [5.74, 6) is 0. The van der Waals surface area contributed by atoms with Crippen LogP contribution in [0.15, 0.2) is 0 Å². The molecule has 0 atom stereocenters. The van der Waals surface area contributed by atoms with Gasteiger partial charge in [0, 0.05) is 9.17 Å². The van der Waals surface area contributed by atoms with Crippen LogP contribution in [0.25, 0.3) is 0 Å². The molecule has 0 saturated carbocycles. The molecule has 0 fully saturated rings. The molecule has 0 aliphatic rings. The van der Waals surface area contributed by atoms with Gasteiger partial charge in [0.1, 0.15) is 0 Å². The number of halogens is 1. The maximum atomic E-state index is 8.52. The van der Waals surface area contributed by atoms with Crippen molar-refractivity contribution in [2.45, 2.75) is 0 Å². The summed E-state index contributed by atoms with van der Waals surface area (Å²) in [4.78, 5) is 17.0. The van der Waals surface area contributed by atoms with Gasteiger partial charge in [-0.1, -0.05) is 0 Å². The molecule has 0 rings (SSSR count). The SMILES string of the molecule is O=[Si]([O-])[O-].[F-].[Mg+2].[Na+]. The molecule has 0 aromatic rings. The van der Waals surface area contributed by atoms with E-state index in [-0.39, 0.29) is 57.3 Å². The van der Waals surface area contributed by atoms with E-state index in [1.54, 1.807) is 0 Å². The smallest absolute Gasteiger partial charge is 1.00 e. The third-order valence-electron chi connectivity index (χ3n) is 0. The Labute approximate surface area is 79.8 Å². The Bertz CT molecular complexity index is 37.9. The Morgan fingerprint density at radius 1 is 1.29 bits per heavy atom. The fourth-order valence-corrected chi connectivity index (χ4v) is 0. The van der Waals surface area contributed by atoms with Crippen LogP contribution >= 0.6 is 0 Å². The molecule has 0 spiro atoms. The van der Waals surface area contributed by atoms with Crippen LogP contribution in [-0.2, 0) is 4.46 Å². The van der Waals surface area contributed by atoms with Crippen molar-refractivity contribution in [1.82, 2.24) is 0 Å². The van der Waals surface area contributed by atoms with Crippen molar-refractivity contribution in [3.8, 4) is 0 Å². The van der Waals surface area contributed by atoms with Crippen molar-refractivity contribution in [2.75, 3.05) is 0 Å². The number of rotatable bonds is 0. The fraction of sp³-hybridized carbons (Fsp3) is 0. The first-order chi connectivity index (χ1) is 1.73. The Kier molecular flexibility index (Phi) is 53.5. The monoisotopic (exact) mass is 142 g/mol. The number of hydrogen-bond donors (Lipinski definition) is 0. The zero-order valence-corrected chi connectivity index (χ0v) is 8.22. The zero-order chi connectivity index (χ0) is 3.58. The second-order valence-electron chi connectivity index (χ2n) is 0.250. The summed E-state index contributed by atoms with van der Waals surface area (Å²) in [5, 5.41) is 0. The molecule has 0 aliphatic heterocycles. The van der Waals surface area contributed by atoms with Crippen LogP contribution in [0.2, 0.25) is 0 Å². The van der Waals surface area contributed by atoms with Gasteiger partial charge in [-0.25, -0.2) is 0 Å². The molecule has 3 nitrogen and oxygen atoms in total. The Morgan fingerprint density at radius 2 is 1.29 bits per heavy atom. The van der Waals surface area contributed by atoms with Crippen LogP contribution in [0.3, 0.4) is 0 Å². The second kappa shape index (κ2) is 15.7. The minimum atomic E-state index is -3.63. The maximum Gasteiger partial charge on any atom is 2.00 e. The van der Waals surface area contributed by atoms with Gasteiger partial charge in [-0.3, -0.25) is 0 Å². The minimum absolute atomic E-state index is 0. The van der Waals surface area contributed by atoms with Gasteiger partial charge in [0.05, 0.1) is 0 Å². The quantitative estimate of drug-likeness (QED) is 0.316. The molecular formula is FMgNaO3Si. The third kappa shape index (κ3) is 120. The largest absolute Gasteiger partial charge is 2.00 e. The summed E-state index contributed by atoms with van der Waals surface area (Å²) in [7, 11) is -3.63. The molecule has 0 N–H and O–H groups in total.